The molecule has 0 spiro atoms. The summed E-state index contributed by atoms with van der Waals surface area (Å²) in [5, 5.41) is 2.80. The first-order valence-electron chi connectivity index (χ1n) is 7.49. The van der Waals surface area contributed by atoms with Gasteiger partial charge in [-0.25, -0.2) is 4.99 Å². The fraction of sp³-hybridized carbons (Fsp3) is 0.222. The summed E-state index contributed by atoms with van der Waals surface area (Å²) in [6, 6.07) is 10.1. The van der Waals surface area contributed by atoms with Gasteiger partial charge in [-0.2, -0.15) is 0 Å². The van der Waals surface area contributed by atoms with E-state index in [9.17, 15) is 4.79 Å². The van der Waals surface area contributed by atoms with Crippen molar-refractivity contribution in [1.29, 1.82) is 0 Å². The molecule has 1 aliphatic heterocycles. The monoisotopic (exact) mass is 342 g/mol. The lowest BCUT2D eigenvalue weighted by atomic mass is 10.2. The molecule has 0 N–H and O–H groups in total. The fourth-order valence-electron chi connectivity index (χ4n) is 2.25. The van der Waals surface area contributed by atoms with E-state index in [1.54, 1.807) is 16.2 Å². The van der Waals surface area contributed by atoms with E-state index in [4.69, 9.17) is 0 Å². The van der Waals surface area contributed by atoms with Crippen molar-refractivity contribution in [3.63, 3.8) is 0 Å². The standard InChI is InChI=1S/C18H18N2OS2/c1-4-20-17(21)16(11-15-13(3)9-10-22-15)23-18(20)19-14-7-5-12(2)6-8-14/h5-11H,4H2,1-3H3/b16-11+,19-18?. The molecule has 1 aromatic carbocycles. The molecule has 3 nitrogen and oxygen atoms in total. The number of amides is 1. The van der Waals surface area contributed by atoms with Gasteiger partial charge in [0, 0.05) is 11.4 Å². The third kappa shape index (κ3) is 3.41. The number of rotatable bonds is 3. The van der Waals surface area contributed by atoms with Gasteiger partial charge in [0.1, 0.15) is 0 Å². The van der Waals surface area contributed by atoms with Gasteiger partial charge in [-0.1, -0.05) is 17.7 Å². The highest BCUT2D eigenvalue weighted by Crippen LogP contribution is 2.35. The zero-order chi connectivity index (χ0) is 16.4. The molecular weight excluding hydrogens is 324 g/mol. The fourth-order valence-corrected chi connectivity index (χ4v) is 4.23. The molecule has 1 saturated heterocycles. The molecule has 0 aliphatic carbocycles. The van der Waals surface area contributed by atoms with Crippen LogP contribution in [0.15, 0.2) is 45.6 Å². The number of likely N-dealkylation sites (N-methyl/N-ethyl adjacent to an activating group) is 1. The summed E-state index contributed by atoms with van der Waals surface area (Å²) < 4.78 is 0. The molecule has 2 aromatic rings. The van der Waals surface area contributed by atoms with E-state index in [0.29, 0.717) is 6.54 Å². The molecule has 0 saturated carbocycles. The van der Waals surface area contributed by atoms with Gasteiger partial charge in [0.15, 0.2) is 5.17 Å². The minimum Gasteiger partial charge on any atom is -0.287 e. The second kappa shape index (κ2) is 6.72. The minimum absolute atomic E-state index is 0.0381. The molecular formula is C18H18N2OS2. The summed E-state index contributed by atoms with van der Waals surface area (Å²) in [7, 11) is 0. The van der Waals surface area contributed by atoms with Crippen LogP contribution in [0.4, 0.5) is 5.69 Å². The summed E-state index contributed by atoms with van der Waals surface area (Å²) in [4.78, 5) is 20.8. The second-order valence-corrected chi connectivity index (χ2v) is 7.31. The van der Waals surface area contributed by atoms with Gasteiger partial charge in [-0.15, -0.1) is 11.3 Å². The Morgan fingerprint density at radius 3 is 2.52 bits per heavy atom. The Morgan fingerprint density at radius 1 is 1.17 bits per heavy atom. The van der Waals surface area contributed by atoms with E-state index in [0.717, 1.165) is 20.6 Å². The van der Waals surface area contributed by atoms with E-state index in [-0.39, 0.29) is 5.91 Å². The van der Waals surface area contributed by atoms with Crippen molar-refractivity contribution in [2.75, 3.05) is 6.54 Å². The molecule has 0 bridgehead atoms. The zero-order valence-electron chi connectivity index (χ0n) is 13.4. The topological polar surface area (TPSA) is 32.7 Å². The molecule has 0 unspecified atom stereocenters. The Morgan fingerprint density at radius 2 is 1.91 bits per heavy atom. The zero-order valence-corrected chi connectivity index (χ0v) is 15.0. The Labute approximate surface area is 144 Å². The Balaban J connectivity index is 1.93. The molecule has 23 heavy (non-hydrogen) atoms. The molecule has 1 aliphatic rings. The van der Waals surface area contributed by atoms with Crippen LogP contribution in [0.1, 0.15) is 22.9 Å². The van der Waals surface area contributed by atoms with Gasteiger partial charge < -0.3 is 0 Å². The number of hydrogen-bond acceptors (Lipinski definition) is 4. The van der Waals surface area contributed by atoms with Crippen molar-refractivity contribution in [3.8, 4) is 0 Å². The molecule has 5 heteroatoms. The molecule has 118 valence electrons. The number of amidine groups is 1. The van der Waals surface area contributed by atoms with Gasteiger partial charge in [0.25, 0.3) is 5.91 Å². The van der Waals surface area contributed by atoms with Gasteiger partial charge in [0.05, 0.1) is 10.6 Å². The highest BCUT2D eigenvalue weighted by atomic mass is 32.2. The number of aliphatic imine (C=N–C) groups is 1. The smallest absolute Gasteiger partial charge is 0.266 e. The number of benzene rings is 1. The lowest BCUT2D eigenvalue weighted by Gasteiger charge is -2.11. The van der Waals surface area contributed by atoms with Crippen molar-refractivity contribution in [1.82, 2.24) is 4.90 Å². The summed E-state index contributed by atoms with van der Waals surface area (Å²) >= 11 is 3.11. The van der Waals surface area contributed by atoms with Crippen LogP contribution in [-0.4, -0.2) is 22.5 Å². The van der Waals surface area contributed by atoms with E-state index >= 15 is 0 Å². The Hall–Kier alpha value is -1.85. The van der Waals surface area contributed by atoms with Crippen LogP contribution in [-0.2, 0) is 4.79 Å². The lowest BCUT2D eigenvalue weighted by molar-refractivity contribution is -0.122. The molecule has 1 aromatic heterocycles. The van der Waals surface area contributed by atoms with Gasteiger partial charge >= 0.3 is 0 Å². The first-order valence-corrected chi connectivity index (χ1v) is 9.19. The lowest BCUT2D eigenvalue weighted by Crippen LogP contribution is -2.28. The quantitative estimate of drug-likeness (QED) is 0.736. The number of thioether (sulfide) groups is 1. The molecule has 2 heterocycles. The van der Waals surface area contributed by atoms with Crippen molar-refractivity contribution in [3.05, 3.63) is 56.6 Å². The van der Waals surface area contributed by atoms with Crippen molar-refractivity contribution >= 4 is 45.9 Å². The minimum atomic E-state index is 0.0381. The molecule has 0 atom stereocenters. The predicted octanol–water partition coefficient (Wildman–Crippen LogP) is 4.99. The third-order valence-corrected chi connectivity index (χ3v) is 5.60. The maximum atomic E-state index is 12.6. The average Bonchev–Trinajstić information content (AvgIpc) is 3.06. The third-order valence-electron chi connectivity index (χ3n) is 3.63. The Kier molecular flexibility index (Phi) is 4.68. The van der Waals surface area contributed by atoms with Gasteiger partial charge in [0.2, 0.25) is 0 Å². The number of hydrogen-bond donors (Lipinski definition) is 0. The largest absolute Gasteiger partial charge is 0.287 e. The number of carbonyl (C=O) groups is 1. The van der Waals surface area contributed by atoms with Gasteiger partial charge in [-0.05, 0) is 67.8 Å². The highest BCUT2D eigenvalue weighted by Gasteiger charge is 2.32. The van der Waals surface area contributed by atoms with E-state index in [2.05, 4.69) is 18.0 Å². The van der Waals surface area contributed by atoms with Crippen molar-refractivity contribution in [2.45, 2.75) is 20.8 Å². The van der Waals surface area contributed by atoms with Crippen LogP contribution in [0.5, 0.6) is 0 Å². The van der Waals surface area contributed by atoms with Crippen LogP contribution < -0.4 is 0 Å². The van der Waals surface area contributed by atoms with E-state index in [1.165, 1.54) is 22.9 Å². The Bertz CT molecular complexity index is 788. The maximum Gasteiger partial charge on any atom is 0.266 e. The number of thiophene rings is 1. The highest BCUT2D eigenvalue weighted by molar-refractivity contribution is 8.18. The first kappa shape index (κ1) is 16.0. The molecule has 0 radical (unpaired) electrons. The normalized spacial score (nSPS) is 18.4. The van der Waals surface area contributed by atoms with E-state index < -0.39 is 0 Å². The summed E-state index contributed by atoms with van der Waals surface area (Å²) in [6.07, 6.45) is 1.98. The van der Waals surface area contributed by atoms with Crippen LogP contribution in [0.25, 0.3) is 6.08 Å². The summed E-state index contributed by atoms with van der Waals surface area (Å²) in [5.41, 5.74) is 3.27. The molecule has 1 fully saturated rings. The van der Waals surface area contributed by atoms with Crippen LogP contribution in [0.2, 0.25) is 0 Å². The molecule has 1 amide bonds. The van der Waals surface area contributed by atoms with Crippen LogP contribution >= 0.6 is 23.1 Å². The maximum absolute atomic E-state index is 12.6. The summed E-state index contributed by atoms with van der Waals surface area (Å²) in [6.45, 7) is 6.71. The van der Waals surface area contributed by atoms with Crippen LogP contribution in [0, 0.1) is 13.8 Å². The van der Waals surface area contributed by atoms with Crippen molar-refractivity contribution in [2.24, 2.45) is 4.99 Å². The summed E-state index contributed by atoms with van der Waals surface area (Å²) in [5.74, 6) is 0.0381. The number of aryl methyl sites for hydroxylation is 2. The molecule has 3 rings (SSSR count). The van der Waals surface area contributed by atoms with Crippen molar-refractivity contribution < 1.29 is 4.79 Å². The number of nitrogens with zero attached hydrogens (tertiary/aromatic N) is 2. The SMILES string of the molecule is CCN1C(=O)/C(=C\c2sccc2C)SC1=Nc1ccc(C)cc1. The van der Waals surface area contributed by atoms with E-state index in [1.807, 2.05) is 49.6 Å². The average molecular weight is 342 g/mol. The van der Waals surface area contributed by atoms with Crippen LogP contribution in [0.3, 0.4) is 0 Å². The number of carbonyl (C=O) groups excluding carboxylic acids is 1. The first-order chi connectivity index (χ1) is 11.1. The predicted molar refractivity (Wildman–Crippen MR) is 100 cm³/mol. The second-order valence-electron chi connectivity index (χ2n) is 5.36. The van der Waals surface area contributed by atoms with Gasteiger partial charge in [-0.3, -0.25) is 9.69 Å².